The van der Waals surface area contributed by atoms with E-state index in [1.54, 1.807) is 0 Å². The molecule has 130 valence electrons. The molecule has 0 saturated carbocycles. The molecule has 0 spiro atoms. The molecule has 10 heteroatoms. The van der Waals surface area contributed by atoms with Gasteiger partial charge in [-0.1, -0.05) is 0 Å². The monoisotopic (exact) mass is 345 g/mol. The van der Waals surface area contributed by atoms with Crippen LogP contribution in [0.25, 0.3) is 0 Å². The number of carbonyl (C=O) groups excluding carboxylic acids is 1. The largest absolute Gasteiger partial charge is 0.416 e. The molecular weight excluding hydrogens is 332 g/mol. The Kier molecular flexibility index (Phi) is 5.32. The molecular formula is C13H13F6NO3. The molecule has 0 aliphatic carbocycles. The van der Waals surface area contributed by atoms with E-state index in [0.29, 0.717) is 12.1 Å². The van der Waals surface area contributed by atoms with Crippen LogP contribution in [0, 0.1) is 0 Å². The predicted molar refractivity (Wildman–Crippen MR) is 65.8 cm³/mol. The summed E-state index contributed by atoms with van der Waals surface area (Å²) in [5.74, 6) is -3.06. The third-order valence-electron chi connectivity index (χ3n) is 3.00. The van der Waals surface area contributed by atoms with Crippen LogP contribution >= 0.6 is 0 Å². The number of alkyl halides is 6. The summed E-state index contributed by atoms with van der Waals surface area (Å²) in [6, 6.07) is 0.978. The van der Waals surface area contributed by atoms with Crippen molar-refractivity contribution >= 4 is 5.91 Å². The molecule has 4 nitrogen and oxygen atoms in total. The molecule has 0 radical (unpaired) electrons. The highest BCUT2D eigenvalue weighted by Crippen LogP contribution is 2.36. The third-order valence-corrected chi connectivity index (χ3v) is 3.00. The van der Waals surface area contributed by atoms with Gasteiger partial charge in [-0.05, 0) is 30.7 Å². The zero-order valence-electron chi connectivity index (χ0n) is 12.0. The second-order valence-corrected chi connectivity index (χ2v) is 4.72. The van der Waals surface area contributed by atoms with Crippen LogP contribution in [-0.2, 0) is 33.2 Å². The summed E-state index contributed by atoms with van der Waals surface area (Å²) in [7, 11) is 1.05. The minimum atomic E-state index is -4.97. The molecule has 0 aliphatic heterocycles. The lowest BCUT2D eigenvalue weighted by Crippen LogP contribution is -2.45. The van der Waals surface area contributed by atoms with E-state index in [1.807, 2.05) is 0 Å². The number of ether oxygens (including phenoxy) is 2. The van der Waals surface area contributed by atoms with Gasteiger partial charge in [0, 0.05) is 7.11 Å². The van der Waals surface area contributed by atoms with Crippen molar-refractivity contribution in [3.8, 4) is 0 Å². The number of benzene rings is 1. The van der Waals surface area contributed by atoms with Crippen molar-refractivity contribution in [1.82, 2.24) is 0 Å². The van der Waals surface area contributed by atoms with Crippen LogP contribution in [0.1, 0.15) is 23.6 Å². The minimum absolute atomic E-state index is 0.00684. The van der Waals surface area contributed by atoms with E-state index >= 15 is 0 Å². The smallest absolute Gasteiger partial charge is 0.365 e. The minimum Gasteiger partial charge on any atom is -0.365 e. The van der Waals surface area contributed by atoms with Crippen molar-refractivity contribution in [2.24, 2.45) is 5.73 Å². The summed E-state index contributed by atoms with van der Waals surface area (Å²) >= 11 is 0. The molecule has 0 aromatic heterocycles. The van der Waals surface area contributed by atoms with E-state index in [9.17, 15) is 31.1 Å². The zero-order chi connectivity index (χ0) is 18.1. The SMILES string of the molecule is COC(C)(OCc1cc(C(F)(F)F)cc(C(F)(F)F)c1)C(N)=O. The third kappa shape index (κ3) is 4.83. The molecule has 1 aromatic carbocycles. The number of amides is 1. The first-order chi connectivity index (χ1) is 10.3. The molecule has 1 atom stereocenters. The Bertz CT molecular complexity index is 552. The van der Waals surface area contributed by atoms with E-state index in [2.05, 4.69) is 4.74 Å². The van der Waals surface area contributed by atoms with Gasteiger partial charge in [0.2, 0.25) is 5.79 Å². The Morgan fingerprint density at radius 1 is 1.04 bits per heavy atom. The molecule has 2 N–H and O–H groups in total. The number of methoxy groups -OCH3 is 1. The van der Waals surface area contributed by atoms with E-state index in [4.69, 9.17) is 10.5 Å². The van der Waals surface area contributed by atoms with Gasteiger partial charge in [-0.3, -0.25) is 4.79 Å². The van der Waals surface area contributed by atoms with Crippen molar-refractivity contribution in [3.05, 3.63) is 34.9 Å². The lowest BCUT2D eigenvalue weighted by molar-refractivity contribution is -0.213. The molecule has 1 aromatic rings. The first-order valence-corrected chi connectivity index (χ1v) is 6.07. The van der Waals surface area contributed by atoms with Crippen LogP contribution < -0.4 is 5.73 Å². The molecule has 1 rings (SSSR count). The number of halogens is 6. The first-order valence-electron chi connectivity index (χ1n) is 6.07. The summed E-state index contributed by atoms with van der Waals surface area (Å²) in [6.07, 6.45) is -9.94. The summed E-state index contributed by atoms with van der Waals surface area (Å²) in [5, 5.41) is 0. The molecule has 0 heterocycles. The maximum absolute atomic E-state index is 12.7. The highest BCUT2D eigenvalue weighted by molar-refractivity contribution is 5.81. The maximum atomic E-state index is 12.7. The van der Waals surface area contributed by atoms with Gasteiger partial charge in [0.15, 0.2) is 0 Å². The Balaban J connectivity index is 3.19. The fraction of sp³-hybridized carbons (Fsp3) is 0.462. The van der Waals surface area contributed by atoms with Crippen molar-refractivity contribution in [2.45, 2.75) is 31.7 Å². The van der Waals surface area contributed by atoms with Gasteiger partial charge in [0.25, 0.3) is 5.91 Å². The van der Waals surface area contributed by atoms with Crippen LogP contribution in [0.5, 0.6) is 0 Å². The number of nitrogens with two attached hydrogens (primary N) is 1. The summed E-state index contributed by atoms with van der Waals surface area (Å²) in [4.78, 5) is 11.1. The zero-order valence-corrected chi connectivity index (χ0v) is 12.0. The highest BCUT2D eigenvalue weighted by atomic mass is 19.4. The molecule has 0 aliphatic rings. The second-order valence-electron chi connectivity index (χ2n) is 4.72. The van der Waals surface area contributed by atoms with Crippen molar-refractivity contribution in [3.63, 3.8) is 0 Å². The topological polar surface area (TPSA) is 61.6 Å². The van der Waals surface area contributed by atoms with Gasteiger partial charge in [-0.25, -0.2) is 0 Å². The maximum Gasteiger partial charge on any atom is 0.416 e. The summed E-state index contributed by atoms with van der Waals surface area (Å²) in [6.45, 7) is 0.355. The normalized spacial score (nSPS) is 15.3. The second kappa shape index (κ2) is 6.36. The van der Waals surface area contributed by atoms with Crippen LogP contribution in [0.4, 0.5) is 26.3 Å². The lowest BCUT2D eigenvalue weighted by Gasteiger charge is -2.25. The van der Waals surface area contributed by atoms with Crippen LogP contribution in [-0.4, -0.2) is 18.8 Å². The Morgan fingerprint density at radius 3 is 1.78 bits per heavy atom. The van der Waals surface area contributed by atoms with Crippen LogP contribution in [0.3, 0.4) is 0 Å². The summed E-state index contributed by atoms with van der Waals surface area (Å²) < 4.78 is 85.8. The Labute approximate surface area is 127 Å². The van der Waals surface area contributed by atoms with Gasteiger partial charge in [0.1, 0.15) is 0 Å². The first kappa shape index (κ1) is 19.2. The average molecular weight is 345 g/mol. The fourth-order valence-corrected chi connectivity index (χ4v) is 1.55. The van der Waals surface area contributed by atoms with Gasteiger partial charge in [-0.2, -0.15) is 26.3 Å². The molecule has 1 amide bonds. The number of hydrogen-bond donors (Lipinski definition) is 1. The number of hydrogen-bond acceptors (Lipinski definition) is 3. The van der Waals surface area contributed by atoms with E-state index in [1.165, 1.54) is 0 Å². The standard InChI is InChI=1S/C13H13F6NO3/c1-11(22-2,10(20)21)23-6-7-3-8(12(14,15)16)5-9(4-7)13(17,18)19/h3-5H,6H2,1-2H3,(H2,20,21). The number of carbonyl (C=O) groups is 1. The van der Waals surface area contributed by atoms with Crippen LogP contribution in [0.2, 0.25) is 0 Å². The van der Waals surface area contributed by atoms with Gasteiger partial charge in [0.05, 0.1) is 17.7 Å². The van der Waals surface area contributed by atoms with Gasteiger partial charge < -0.3 is 15.2 Å². The van der Waals surface area contributed by atoms with E-state index < -0.39 is 47.3 Å². The Morgan fingerprint density at radius 2 is 1.48 bits per heavy atom. The quantitative estimate of drug-likeness (QED) is 0.659. The molecule has 0 bridgehead atoms. The van der Waals surface area contributed by atoms with E-state index in [-0.39, 0.29) is 6.07 Å². The predicted octanol–water partition coefficient (Wildman–Crippen LogP) is 3.09. The molecule has 0 saturated heterocycles. The highest BCUT2D eigenvalue weighted by Gasteiger charge is 2.37. The van der Waals surface area contributed by atoms with Crippen molar-refractivity contribution < 1.29 is 40.6 Å². The van der Waals surface area contributed by atoms with Crippen LogP contribution in [0.15, 0.2) is 18.2 Å². The average Bonchev–Trinajstić information content (AvgIpc) is 2.42. The molecule has 23 heavy (non-hydrogen) atoms. The molecule has 0 fully saturated rings. The Hall–Kier alpha value is -1.81. The van der Waals surface area contributed by atoms with Gasteiger partial charge in [-0.15, -0.1) is 0 Å². The number of primary amides is 1. The van der Waals surface area contributed by atoms with E-state index in [0.717, 1.165) is 14.0 Å². The van der Waals surface area contributed by atoms with Crippen molar-refractivity contribution in [2.75, 3.05) is 7.11 Å². The summed E-state index contributed by atoms with van der Waals surface area (Å²) in [5.41, 5.74) is 1.60. The number of rotatable bonds is 5. The van der Waals surface area contributed by atoms with Gasteiger partial charge >= 0.3 is 12.4 Å². The molecule has 1 unspecified atom stereocenters. The van der Waals surface area contributed by atoms with Crippen molar-refractivity contribution in [1.29, 1.82) is 0 Å². The fourth-order valence-electron chi connectivity index (χ4n) is 1.55. The lowest BCUT2D eigenvalue weighted by atomic mass is 10.1.